The van der Waals surface area contributed by atoms with Crippen molar-refractivity contribution >= 4 is 15.7 Å². The number of benzene rings is 1. The summed E-state index contributed by atoms with van der Waals surface area (Å²) in [4.78, 5) is -0.604. The summed E-state index contributed by atoms with van der Waals surface area (Å²) in [5.74, 6) is 0.490. The van der Waals surface area contributed by atoms with Crippen LogP contribution in [-0.4, -0.2) is 13.6 Å². The second-order valence-electron chi connectivity index (χ2n) is 4.91. The Balaban J connectivity index is 2.38. The fraction of sp³-hybridized carbons (Fsp3) is 0.308. The lowest BCUT2D eigenvalue weighted by Gasteiger charge is -2.15. The van der Waals surface area contributed by atoms with E-state index >= 15 is 0 Å². The van der Waals surface area contributed by atoms with Crippen molar-refractivity contribution in [2.75, 3.05) is 5.32 Å². The Labute approximate surface area is 130 Å². The summed E-state index contributed by atoms with van der Waals surface area (Å²) in [6.07, 6.45) is -4.73. The van der Waals surface area contributed by atoms with E-state index in [0.717, 1.165) is 12.1 Å². The summed E-state index contributed by atoms with van der Waals surface area (Å²) in [5.41, 5.74) is -0.181. The first-order valence-corrected chi connectivity index (χ1v) is 7.94. The highest BCUT2D eigenvalue weighted by Gasteiger charge is 2.34. The van der Waals surface area contributed by atoms with Gasteiger partial charge in [0, 0.05) is 17.8 Å². The average Bonchev–Trinajstić information content (AvgIpc) is 2.73. The summed E-state index contributed by atoms with van der Waals surface area (Å²) in [5, 5.41) is 11.2. The van der Waals surface area contributed by atoms with Crippen molar-refractivity contribution in [2.24, 2.45) is 5.14 Å². The molecule has 3 N–H and O–H groups in total. The van der Waals surface area contributed by atoms with Gasteiger partial charge in [0.1, 0.15) is 5.76 Å². The topological polar surface area (TPSA) is 98.2 Å². The largest absolute Gasteiger partial charge is 0.418 e. The second kappa shape index (κ2) is 5.85. The number of nitrogens with two attached hydrogens (primary N) is 1. The molecule has 2 aromatic rings. The normalized spacial score (nSPS) is 12.4. The Morgan fingerprint density at radius 2 is 1.96 bits per heavy atom. The molecule has 0 saturated heterocycles. The maximum Gasteiger partial charge on any atom is 0.418 e. The molecule has 1 aromatic heterocycles. The smallest absolute Gasteiger partial charge is 0.380 e. The first kappa shape index (κ1) is 17.3. The average molecular weight is 349 g/mol. The molecule has 0 aliphatic heterocycles. The molecule has 6 nitrogen and oxygen atoms in total. The van der Waals surface area contributed by atoms with Crippen molar-refractivity contribution in [2.45, 2.75) is 31.5 Å². The van der Waals surface area contributed by atoms with Crippen molar-refractivity contribution in [1.82, 2.24) is 5.16 Å². The number of nitrogens with zero attached hydrogens (tertiary/aromatic N) is 1. The maximum atomic E-state index is 13.1. The maximum absolute atomic E-state index is 13.1. The fourth-order valence-electron chi connectivity index (χ4n) is 2.03. The first-order valence-electron chi connectivity index (χ1n) is 6.40. The Bertz CT molecular complexity index is 809. The molecular weight excluding hydrogens is 335 g/mol. The van der Waals surface area contributed by atoms with Crippen LogP contribution in [0.15, 0.2) is 27.6 Å². The van der Waals surface area contributed by atoms with E-state index in [-0.39, 0.29) is 12.2 Å². The third-order valence-corrected chi connectivity index (χ3v) is 4.17. The molecule has 1 heterocycles. The number of alkyl halides is 3. The number of halogens is 3. The first-order chi connectivity index (χ1) is 10.5. The highest BCUT2D eigenvalue weighted by Crippen LogP contribution is 2.36. The van der Waals surface area contributed by atoms with Crippen LogP contribution in [0.1, 0.15) is 22.6 Å². The van der Waals surface area contributed by atoms with Gasteiger partial charge >= 0.3 is 6.18 Å². The molecule has 0 unspecified atom stereocenters. The summed E-state index contributed by atoms with van der Waals surface area (Å²) < 4.78 is 66.8. The van der Waals surface area contributed by atoms with Gasteiger partial charge in [-0.2, -0.15) is 13.2 Å². The number of aryl methyl sites for hydroxylation is 2. The van der Waals surface area contributed by atoms with Gasteiger partial charge in [-0.05, 0) is 32.0 Å². The van der Waals surface area contributed by atoms with E-state index in [1.165, 1.54) is 0 Å². The minimum absolute atomic E-state index is 0.0545. The SMILES string of the molecule is Cc1noc(C)c1CNc1ccc(S(N)(=O)=O)cc1C(F)(F)F. The Kier molecular flexibility index (Phi) is 4.40. The quantitative estimate of drug-likeness (QED) is 0.884. The van der Waals surface area contributed by atoms with E-state index in [9.17, 15) is 21.6 Å². The van der Waals surface area contributed by atoms with E-state index in [1.54, 1.807) is 13.8 Å². The molecule has 0 atom stereocenters. The van der Waals surface area contributed by atoms with Crippen molar-refractivity contribution in [3.8, 4) is 0 Å². The number of hydrogen-bond acceptors (Lipinski definition) is 5. The van der Waals surface area contributed by atoms with Gasteiger partial charge in [-0.1, -0.05) is 5.16 Å². The van der Waals surface area contributed by atoms with Crippen LogP contribution in [0.4, 0.5) is 18.9 Å². The van der Waals surface area contributed by atoms with Crippen molar-refractivity contribution in [3.63, 3.8) is 0 Å². The number of nitrogens with one attached hydrogen (secondary N) is 1. The van der Waals surface area contributed by atoms with Gasteiger partial charge in [-0.3, -0.25) is 0 Å². The molecule has 0 fully saturated rings. The monoisotopic (exact) mass is 349 g/mol. The molecule has 2 rings (SSSR count). The number of aromatic nitrogens is 1. The zero-order valence-electron chi connectivity index (χ0n) is 12.2. The molecule has 0 spiro atoms. The van der Waals surface area contributed by atoms with Crippen molar-refractivity contribution in [3.05, 3.63) is 40.8 Å². The van der Waals surface area contributed by atoms with Crippen LogP contribution < -0.4 is 10.5 Å². The fourth-order valence-corrected chi connectivity index (χ4v) is 2.57. The van der Waals surface area contributed by atoms with E-state index in [2.05, 4.69) is 10.5 Å². The third kappa shape index (κ3) is 3.82. The van der Waals surface area contributed by atoms with Gasteiger partial charge in [-0.15, -0.1) is 0 Å². The van der Waals surface area contributed by atoms with Gasteiger partial charge in [0.25, 0.3) is 0 Å². The number of rotatable bonds is 4. The molecule has 23 heavy (non-hydrogen) atoms. The minimum atomic E-state index is -4.73. The van der Waals surface area contributed by atoms with Crippen molar-refractivity contribution < 1.29 is 26.1 Å². The van der Waals surface area contributed by atoms with Gasteiger partial charge in [0.05, 0.1) is 16.2 Å². The van der Waals surface area contributed by atoms with E-state index in [0.29, 0.717) is 23.1 Å². The Morgan fingerprint density at radius 1 is 1.30 bits per heavy atom. The lowest BCUT2D eigenvalue weighted by molar-refractivity contribution is -0.137. The molecule has 126 valence electrons. The molecule has 0 aliphatic rings. The zero-order chi connectivity index (χ0) is 17.4. The molecule has 0 bridgehead atoms. The van der Waals surface area contributed by atoms with E-state index in [4.69, 9.17) is 9.66 Å². The van der Waals surface area contributed by atoms with Gasteiger partial charge in [0.15, 0.2) is 0 Å². The van der Waals surface area contributed by atoms with Crippen LogP contribution in [0.2, 0.25) is 0 Å². The van der Waals surface area contributed by atoms with E-state index in [1.807, 2.05) is 0 Å². The summed E-state index contributed by atoms with van der Waals surface area (Å²) in [6.45, 7) is 3.37. The molecule has 0 radical (unpaired) electrons. The van der Waals surface area contributed by atoms with Crippen LogP contribution in [0, 0.1) is 13.8 Å². The Morgan fingerprint density at radius 3 is 2.43 bits per heavy atom. The number of sulfonamides is 1. The molecule has 0 amide bonds. The number of primary sulfonamides is 1. The van der Waals surface area contributed by atoms with Gasteiger partial charge in [-0.25, -0.2) is 13.6 Å². The molecule has 0 aliphatic carbocycles. The lowest BCUT2D eigenvalue weighted by atomic mass is 10.1. The highest BCUT2D eigenvalue weighted by atomic mass is 32.2. The van der Waals surface area contributed by atoms with Crippen LogP contribution >= 0.6 is 0 Å². The van der Waals surface area contributed by atoms with Crippen molar-refractivity contribution in [1.29, 1.82) is 0 Å². The zero-order valence-corrected chi connectivity index (χ0v) is 13.0. The summed E-state index contributed by atoms with van der Waals surface area (Å²) >= 11 is 0. The highest BCUT2D eigenvalue weighted by molar-refractivity contribution is 7.89. The standard InChI is InChI=1S/C13H14F3N3O3S/c1-7-10(8(2)22-19-7)6-18-12-4-3-9(23(17,20)21)5-11(12)13(14,15)16/h3-5,18H,6H2,1-2H3,(H2,17,20,21). The molecular formula is C13H14F3N3O3S. The van der Waals surface area contributed by atoms with Gasteiger partial charge in [0.2, 0.25) is 10.0 Å². The second-order valence-corrected chi connectivity index (χ2v) is 6.47. The van der Waals surface area contributed by atoms with Gasteiger partial charge < -0.3 is 9.84 Å². The predicted molar refractivity (Wildman–Crippen MR) is 76.1 cm³/mol. The molecule has 0 saturated carbocycles. The number of hydrogen-bond donors (Lipinski definition) is 2. The minimum Gasteiger partial charge on any atom is -0.380 e. The molecule has 1 aromatic carbocycles. The number of anilines is 1. The Hall–Kier alpha value is -2.07. The summed E-state index contributed by atoms with van der Waals surface area (Å²) in [7, 11) is -4.23. The predicted octanol–water partition coefficient (Wildman–Crippen LogP) is 2.57. The van der Waals surface area contributed by atoms with Crippen LogP contribution in [-0.2, 0) is 22.7 Å². The van der Waals surface area contributed by atoms with Crippen LogP contribution in [0.25, 0.3) is 0 Å². The third-order valence-electron chi connectivity index (χ3n) is 3.26. The lowest BCUT2D eigenvalue weighted by Crippen LogP contribution is -2.16. The molecule has 10 heteroatoms. The van der Waals surface area contributed by atoms with Crippen LogP contribution in [0.5, 0.6) is 0 Å². The van der Waals surface area contributed by atoms with Crippen LogP contribution in [0.3, 0.4) is 0 Å². The van der Waals surface area contributed by atoms with E-state index < -0.39 is 26.7 Å². The summed E-state index contributed by atoms with van der Waals surface area (Å²) in [6, 6.07) is 2.55.